The van der Waals surface area contributed by atoms with E-state index >= 15 is 0 Å². The van der Waals surface area contributed by atoms with E-state index in [1.54, 1.807) is 0 Å². The molecule has 0 bridgehead atoms. The van der Waals surface area contributed by atoms with Crippen LogP contribution in [0.25, 0.3) is 0 Å². The van der Waals surface area contributed by atoms with Crippen LogP contribution in [0, 0.1) is 0 Å². The van der Waals surface area contributed by atoms with Crippen LogP contribution in [0.1, 0.15) is 20.8 Å². The standard InChI is InChI=1S/C4H9O.2CH3.H2N.Sn/c1-4(2,3)5;;;;/h1-3H3;2*1H3;1H2;/q-1;;;-1;+2. The molecule has 56 valence electrons. The molecule has 0 aliphatic carbocycles. The van der Waals surface area contributed by atoms with E-state index in [9.17, 15) is 0 Å². The molecule has 0 saturated heterocycles. The molecule has 0 fully saturated rings. The first-order valence-electron chi connectivity index (χ1n) is 3.20. The minimum absolute atomic E-state index is 0.0473. The monoisotopic (exact) mass is 239 g/mol. The van der Waals surface area contributed by atoms with E-state index in [0.717, 1.165) is 0 Å². The molecule has 9 heavy (non-hydrogen) atoms. The van der Waals surface area contributed by atoms with Gasteiger partial charge in [0.2, 0.25) is 0 Å². The summed E-state index contributed by atoms with van der Waals surface area (Å²) >= 11 is -2.45. The van der Waals surface area contributed by atoms with Crippen molar-refractivity contribution < 1.29 is 3.07 Å². The molecule has 0 aromatic rings. The summed E-state index contributed by atoms with van der Waals surface area (Å²) in [7, 11) is 0. The van der Waals surface area contributed by atoms with Crippen molar-refractivity contribution in [2.24, 2.45) is 3.96 Å². The van der Waals surface area contributed by atoms with Crippen molar-refractivity contribution in [1.29, 1.82) is 0 Å². The number of hydrogen-bond donors (Lipinski definition) is 1. The summed E-state index contributed by atoms with van der Waals surface area (Å²) < 4.78 is 11.4. The van der Waals surface area contributed by atoms with Crippen LogP contribution in [0.3, 0.4) is 0 Å². The van der Waals surface area contributed by atoms with E-state index < -0.39 is 19.1 Å². The van der Waals surface area contributed by atoms with Crippen LogP contribution in [-0.2, 0) is 3.07 Å². The molecule has 0 amide bonds. The molecule has 0 spiro atoms. The zero-order valence-electron chi connectivity index (χ0n) is 6.99. The van der Waals surface area contributed by atoms with Crippen molar-refractivity contribution in [3.8, 4) is 0 Å². The molecule has 0 saturated carbocycles. The Hall–Kier alpha value is 0.719. The molecule has 2 nitrogen and oxygen atoms in total. The maximum absolute atomic E-state index is 5.81. The molecule has 0 unspecified atom stereocenters. The van der Waals surface area contributed by atoms with Crippen molar-refractivity contribution in [2.45, 2.75) is 36.3 Å². The zero-order valence-corrected chi connectivity index (χ0v) is 9.84. The van der Waals surface area contributed by atoms with Gasteiger partial charge >= 0.3 is 62.3 Å². The predicted molar refractivity (Wildman–Crippen MR) is 42.5 cm³/mol. The van der Waals surface area contributed by atoms with Crippen LogP contribution in [-0.4, -0.2) is 24.7 Å². The van der Waals surface area contributed by atoms with Gasteiger partial charge in [0, 0.05) is 0 Å². The first kappa shape index (κ1) is 9.72. The Balaban J connectivity index is 3.75. The van der Waals surface area contributed by atoms with Gasteiger partial charge in [-0.1, -0.05) is 0 Å². The van der Waals surface area contributed by atoms with Crippen molar-refractivity contribution >= 4 is 19.1 Å². The van der Waals surface area contributed by atoms with Gasteiger partial charge in [-0.3, -0.25) is 0 Å². The van der Waals surface area contributed by atoms with Gasteiger partial charge in [0.05, 0.1) is 0 Å². The van der Waals surface area contributed by atoms with E-state index in [4.69, 9.17) is 7.03 Å². The van der Waals surface area contributed by atoms with E-state index in [0.29, 0.717) is 0 Å². The SMILES string of the molecule is CC(C)(C)[O][Sn]([CH3])([CH3])[NH2]. The Kier molecular flexibility index (Phi) is 2.98. The molecule has 2 N–H and O–H groups in total. The fourth-order valence-corrected chi connectivity index (χ4v) is 5.29. The normalized spacial score (nSPS) is 14.0. The second-order valence-corrected chi connectivity index (χ2v) is 13.6. The molecule has 0 rings (SSSR count). The third-order valence-electron chi connectivity index (χ3n) is 0.569. The summed E-state index contributed by atoms with van der Waals surface area (Å²) in [6.45, 7) is 6.12. The van der Waals surface area contributed by atoms with Gasteiger partial charge in [-0.25, -0.2) is 0 Å². The molecule has 0 heterocycles. The molecule has 0 radical (unpaired) electrons. The van der Waals surface area contributed by atoms with Crippen LogP contribution >= 0.6 is 0 Å². The van der Waals surface area contributed by atoms with Crippen LogP contribution in [0.5, 0.6) is 0 Å². The molecule has 0 aliphatic rings. The summed E-state index contributed by atoms with van der Waals surface area (Å²) in [5, 5.41) is 0. The van der Waals surface area contributed by atoms with Gasteiger partial charge in [-0.15, -0.1) is 0 Å². The van der Waals surface area contributed by atoms with Crippen LogP contribution < -0.4 is 3.96 Å². The average Bonchev–Trinajstić information content (AvgIpc) is 1.14. The molecule has 0 aliphatic heterocycles. The Morgan fingerprint density at radius 3 is 1.56 bits per heavy atom. The van der Waals surface area contributed by atoms with Gasteiger partial charge in [-0.2, -0.15) is 0 Å². The quantitative estimate of drug-likeness (QED) is 0.702. The Labute approximate surface area is 62.5 Å². The summed E-state index contributed by atoms with van der Waals surface area (Å²) in [6, 6.07) is 0. The topological polar surface area (TPSA) is 35.2 Å². The van der Waals surface area contributed by atoms with E-state index in [1.165, 1.54) is 0 Å². The third-order valence-corrected chi connectivity index (χ3v) is 3.82. The van der Waals surface area contributed by atoms with Crippen LogP contribution in [0.4, 0.5) is 0 Å². The molecule has 0 aromatic heterocycles. The third kappa shape index (κ3) is 8.72. The van der Waals surface area contributed by atoms with Gasteiger partial charge in [-0.05, 0) is 0 Å². The van der Waals surface area contributed by atoms with E-state index in [-0.39, 0.29) is 5.60 Å². The zero-order chi connectivity index (χ0) is 7.71. The second-order valence-electron chi connectivity index (χ2n) is 3.82. The van der Waals surface area contributed by atoms with Crippen molar-refractivity contribution in [3.05, 3.63) is 0 Å². The van der Waals surface area contributed by atoms with Crippen LogP contribution in [0.2, 0.25) is 9.88 Å². The fraction of sp³-hybridized carbons (Fsp3) is 1.00. The summed E-state index contributed by atoms with van der Waals surface area (Å²) in [4.78, 5) is 4.11. The predicted octanol–water partition coefficient (Wildman–Crippen LogP) is 1.46. The van der Waals surface area contributed by atoms with Crippen LogP contribution in [0.15, 0.2) is 0 Å². The molecule has 3 heteroatoms. The molecule has 0 aromatic carbocycles. The minimum atomic E-state index is -2.45. The number of hydrogen-bond acceptors (Lipinski definition) is 2. The van der Waals surface area contributed by atoms with Gasteiger partial charge in [0.25, 0.3) is 0 Å². The summed E-state index contributed by atoms with van der Waals surface area (Å²) in [5.74, 6) is 0. The van der Waals surface area contributed by atoms with Crippen molar-refractivity contribution in [1.82, 2.24) is 0 Å². The Morgan fingerprint density at radius 2 is 1.56 bits per heavy atom. The summed E-state index contributed by atoms with van der Waals surface area (Å²) in [6.07, 6.45) is 0. The van der Waals surface area contributed by atoms with Crippen molar-refractivity contribution in [2.75, 3.05) is 0 Å². The van der Waals surface area contributed by atoms with E-state index in [1.807, 2.05) is 20.8 Å². The fourth-order valence-electron chi connectivity index (χ4n) is 0.789. The molecule has 0 atom stereocenters. The van der Waals surface area contributed by atoms with Gasteiger partial charge in [0.15, 0.2) is 0 Å². The second kappa shape index (κ2) is 2.76. The number of nitrogens with two attached hydrogens (primary N) is 1. The van der Waals surface area contributed by atoms with Crippen molar-refractivity contribution in [3.63, 3.8) is 0 Å². The van der Waals surface area contributed by atoms with Gasteiger partial charge in [0.1, 0.15) is 0 Å². The van der Waals surface area contributed by atoms with Gasteiger partial charge < -0.3 is 0 Å². The Morgan fingerprint density at radius 1 is 1.22 bits per heavy atom. The average molecular weight is 238 g/mol. The molecular weight excluding hydrogens is 221 g/mol. The maximum atomic E-state index is 5.81. The Bertz CT molecular complexity index is 78.2. The number of rotatable bonds is 1. The first-order chi connectivity index (χ1) is 3.71. The molecular formula is C6H17NOSn. The summed E-state index contributed by atoms with van der Waals surface area (Å²) in [5.41, 5.74) is -0.0473. The first-order valence-corrected chi connectivity index (χ1v) is 11.7. The van der Waals surface area contributed by atoms with E-state index in [2.05, 4.69) is 9.88 Å².